The van der Waals surface area contributed by atoms with Crippen molar-refractivity contribution >= 4 is 0 Å². The quantitative estimate of drug-likeness (QED) is 0.912. The minimum atomic E-state index is 0.402. The maximum Gasteiger partial charge on any atom is 0.124 e. The molecule has 3 nitrogen and oxygen atoms in total. The molecular formula is C17H25NO2. The zero-order chi connectivity index (χ0) is 13.9. The van der Waals surface area contributed by atoms with Crippen molar-refractivity contribution in [2.75, 3.05) is 13.7 Å². The first-order valence-electron chi connectivity index (χ1n) is 7.84. The lowest BCUT2D eigenvalue weighted by molar-refractivity contribution is 0.208. The van der Waals surface area contributed by atoms with Gasteiger partial charge in [0.1, 0.15) is 11.5 Å². The van der Waals surface area contributed by atoms with Crippen molar-refractivity contribution in [3.63, 3.8) is 0 Å². The summed E-state index contributed by atoms with van der Waals surface area (Å²) in [6.45, 7) is 3.18. The maximum atomic E-state index is 5.77. The molecule has 3 rings (SSSR count). The molecule has 1 N–H and O–H groups in total. The SMILES string of the molecule is COc1ccc2c(c1)C(NC1CCCCC1C)CCO2. The molecule has 1 fully saturated rings. The van der Waals surface area contributed by atoms with Crippen molar-refractivity contribution in [2.45, 2.75) is 51.1 Å². The van der Waals surface area contributed by atoms with Crippen LogP contribution in [0.1, 0.15) is 50.6 Å². The highest BCUT2D eigenvalue weighted by Crippen LogP contribution is 2.36. The fraction of sp³-hybridized carbons (Fsp3) is 0.647. The molecule has 0 aromatic heterocycles. The third-order valence-corrected chi connectivity index (χ3v) is 4.78. The molecule has 3 unspecified atom stereocenters. The molecule has 1 saturated carbocycles. The highest BCUT2D eigenvalue weighted by molar-refractivity contribution is 5.43. The molecule has 20 heavy (non-hydrogen) atoms. The molecule has 3 heteroatoms. The Bertz CT molecular complexity index is 460. The number of benzene rings is 1. The topological polar surface area (TPSA) is 30.5 Å². The van der Waals surface area contributed by atoms with Crippen LogP contribution < -0.4 is 14.8 Å². The summed E-state index contributed by atoms with van der Waals surface area (Å²) in [6, 6.07) is 7.18. The van der Waals surface area contributed by atoms with Gasteiger partial charge in [-0.1, -0.05) is 19.8 Å². The second-order valence-electron chi connectivity index (χ2n) is 6.13. The standard InChI is InChI=1S/C17H25NO2/c1-12-5-3-4-6-15(12)18-16-9-10-20-17-8-7-13(19-2)11-14(16)17/h7-8,11-12,15-16,18H,3-6,9-10H2,1-2H3. The molecular weight excluding hydrogens is 250 g/mol. The predicted octanol–water partition coefficient (Wildman–Crippen LogP) is 3.69. The van der Waals surface area contributed by atoms with Gasteiger partial charge in [-0.3, -0.25) is 0 Å². The lowest BCUT2D eigenvalue weighted by Crippen LogP contribution is -2.41. The number of rotatable bonds is 3. The summed E-state index contributed by atoms with van der Waals surface area (Å²) in [5.41, 5.74) is 1.26. The molecule has 1 heterocycles. The second kappa shape index (κ2) is 6.04. The van der Waals surface area contributed by atoms with Gasteiger partial charge < -0.3 is 14.8 Å². The van der Waals surface area contributed by atoms with E-state index in [1.54, 1.807) is 7.11 Å². The van der Waals surface area contributed by atoms with Gasteiger partial charge in [0.2, 0.25) is 0 Å². The Kier molecular flexibility index (Phi) is 4.16. The lowest BCUT2D eigenvalue weighted by atomic mass is 9.84. The molecule has 2 aliphatic rings. The maximum absolute atomic E-state index is 5.77. The van der Waals surface area contributed by atoms with Crippen LogP contribution in [0.25, 0.3) is 0 Å². The molecule has 0 saturated heterocycles. The van der Waals surface area contributed by atoms with Crippen LogP contribution >= 0.6 is 0 Å². The minimum absolute atomic E-state index is 0.402. The van der Waals surface area contributed by atoms with Gasteiger partial charge >= 0.3 is 0 Å². The van der Waals surface area contributed by atoms with Crippen molar-refractivity contribution in [1.29, 1.82) is 0 Å². The Morgan fingerprint density at radius 2 is 2.05 bits per heavy atom. The number of ether oxygens (including phenoxy) is 2. The summed E-state index contributed by atoms with van der Waals surface area (Å²) < 4.78 is 11.1. The third kappa shape index (κ3) is 2.78. The van der Waals surface area contributed by atoms with E-state index < -0.39 is 0 Å². The first-order valence-corrected chi connectivity index (χ1v) is 7.84. The summed E-state index contributed by atoms with van der Waals surface area (Å²) in [7, 11) is 1.72. The van der Waals surface area contributed by atoms with Crippen molar-refractivity contribution in [3.8, 4) is 11.5 Å². The predicted molar refractivity (Wildman–Crippen MR) is 80.4 cm³/mol. The van der Waals surface area contributed by atoms with Crippen LogP contribution in [0.4, 0.5) is 0 Å². The van der Waals surface area contributed by atoms with E-state index in [-0.39, 0.29) is 0 Å². The molecule has 110 valence electrons. The Balaban J connectivity index is 1.78. The molecule has 0 amide bonds. The van der Waals surface area contributed by atoms with Gasteiger partial charge in [0, 0.05) is 24.1 Å². The highest BCUT2D eigenvalue weighted by atomic mass is 16.5. The third-order valence-electron chi connectivity index (χ3n) is 4.78. The van der Waals surface area contributed by atoms with Gasteiger partial charge in [0.15, 0.2) is 0 Å². The smallest absolute Gasteiger partial charge is 0.124 e. The van der Waals surface area contributed by atoms with Crippen molar-refractivity contribution in [1.82, 2.24) is 5.32 Å². The molecule has 1 aliphatic carbocycles. The number of nitrogens with one attached hydrogen (secondary N) is 1. The van der Waals surface area contributed by atoms with E-state index in [2.05, 4.69) is 18.3 Å². The van der Waals surface area contributed by atoms with Gasteiger partial charge in [-0.05, 0) is 37.0 Å². The summed E-state index contributed by atoms with van der Waals surface area (Å²) >= 11 is 0. The van der Waals surface area contributed by atoms with Crippen molar-refractivity contribution in [3.05, 3.63) is 23.8 Å². The number of methoxy groups -OCH3 is 1. The largest absolute Gasteiger partial charge is 0.497 e. The lowest BCUT2D eigenvalue weighted by Gasteiger charge is -2.35. The van der Waals surface area contributed by atoms with Crippen LogP contribution in [0.3, 0.4) is 0 Å². The molecule has 0 spiro atoms. The molecule has 1 aliphatic heterocycles. The summed E-state index contributed by atoms with van der Waals surface area (Å²) in [5, 5.41) is 3.88. The summed E-state index contributed by atoms with van der Waals surface area (Å²) in [4.78, 5) is 0. The molecule has 1 aromatic rings. The Labute approximate surface area is 121 Å². The van der Waals surface area contributed by atoms with Gasteiger partial charge in [0.25, 0.3) is 0 Å². The van der Waals surface area contributed by atoms with E-state index in [4.69, 9.17) is 9.47 Å². The second-order valence-corrected chi connectivity index (χ2v) is 6.13. The van der Waals surface area contributed by atoms with E-state index in [9.17, 15) is 0 Å². The molecule has 1 aromatic carbocycles. The van der Waals surface area contributed by atoms with Crippen LogP contribution in [0.2, 0.25) is 0 Å². The summed E-state index contributed by atoms with van der Waals surface area (Å²) in [5.74, 6) is 2.71. The zero-order valence-corrected chi connectivity index (χ0v) is 12.5. The van der Waals surface area contributed by atoms with Crippen LogP contribution in [0.5, 0.6) is 11.5 Å². The number of fused-ring (bicyclic) bond motifs is 1. The molecule has 3 atom stereocenters. The first kappa shape index (κ1) is 13.7. The number of hydrogen-bond donors (Lipinski definition) is 1. The van der Waals surface area contributed by atoms with Crippen molar-refractivity contribution in [2.24, 2.45) is 5.92 Å². The van der Waals surface area contributed by atoms with E-state index in [0.29, 0.717) is 12.1 Å². The average molecular weight is 275 g/mol. The average Bonchev–Trinajstić information content (AvgIpc) is 2.49. The van der Waals surface area contributed by atoms with Gasteiger partial charge in [0.05, 0.1) is 13.7 Å². The van der Waals surface area contributed by atoms with E-state index >= 15 is 0 Å². The van der Waals surface area contributed by atoms with Crippen molar-refractivity contribution < 1.29 is 9.47 Å². The van der Waals surface area contributed by atoms with Gasteiger partial charge in [-0.15, -0.1) is 0 Å². The minimum Gasteiger partial charge on any atom is -0.497 e. The van der Waals surface area contributed by atoms with Gasteiger partial charge in [-0.25, -0.2) is 0 Å². The van der Waals surface area contributed by atoms with E-state index in [0.717, 1.165) is 30.4 Å². The van der Waals surface area contributed by atoms with Crippen LogP contribution in [0.15, 0.2) is 18.2 Å². The van der Waals surface area contributed by atoms with Crippen LogP contribution in [-0.4, -0.2) is 19.8 Å². The Morgan fingerprint density at radius 3 is 2.85 bits per heavy atom. The van der Waals surface area contributed by atoms with Crippen LogP contribution in [-0.2, 0) is 0 Å². The fourth-order valence-corrected chi connectivity index (χ4v) is 3.49. The van der Waals surface area contributed by atoms with E-state index in [1.165, 1.54) is 31.2 Å². The van der Waals surface area contributed by atoms with Gasteiger partial charge in [-0.2, -0.15) is 0 Å². The van der Waals surface area contributed by atoms with Crippen LogP contribution in [0, 0.1) is 5.92 Å². The number of hydrogen-bond acceptors (Lipinski definition) is 3. The Morgan fingerprint density at radius 1 is 1.20 bits per heavy atom. The zero-order valence-electron chi connectivity index (χ0n) is 12.5. The Hall–Kier alpha value is -1.22. The highest BCUT2D eigenvalue weighted by Gasteiger charge is 2.28. The molecule has 0 bridgehead atoms. The summed E-state index contributed by atoms with van der Waals surface area (Å²) in [6.07, 6.45) is 6.45. The fourth-order valence-electron chi connectivity index (χ4n) is 3.49. The normalized spacial score (nSPS) is 29.4. The van der Waals surface area contributed by atoms with E-state index in [1.807, 2.05) is 12.1 Å². The molecule has 0 radical (unpaired) electrons. The monoisotopic (exact) mass is 275 g/mol. The first-order chi connectivity index (χ1) is 9.78.